The van der Waals surface area contributed by atoms with Crippen molar-refractivity contribution in [2.45, 2.75) is 38.3 Å². The first-order valence-electron chi connectivity index (χ1n) is 5.74. The van der Waals surface area contributed by atoms with Crippen LogP contribution in [0.5, 0.6) is 0 Å². The molecule has 2 rings (SSSR count). The zero-order valence-electron chi connectivity index (χ0n) is 9.48. The second-order valence-electron chi connectivity index (χ2n) is 4.32. The van der Waals surface area contributed by atoms with Crippen molar-refractivity contribution in [2.75, 3.05) is 11.9 Å². The van der Waals surface area contributed by atoms with Gasteiger partial charge in [0.25, 0.3) is 0 Å². The molecule has 0 saturated heterocycles. The fourth-order valence-electron chi connectivity index (χ4n) is 1.97. The molecule has 82 valence electrons. The molecule has 0 aromatic heterocycles. The van der Waals surface area contributed by atoms with Crippen LogP contribution in [0, 0.1) is 0 Å². The van der Waals surface area contributed by atoms with Crippen molar-refractivity contribution in [3.63, 3.8) is 0 Å². The predicted octanol–water partition coefficient (Wildman–Crippen LogP) is 2.73. The van der Waals surface area contributed by atoms with Crippen molar-refractivity contribution in [1.82, 2.24) is 0 Å². The van der Waals surface area contributed by atoms with Gasteiger partial charge in [-0.05, 0) is 25.3 Å². The molecule has 15 heavy (non-hydrogen) atoms. The van der Waals surface area contributed by atoms with E-state index in [1.807, 2.05) is 25.1 Å². The Morgan fingerprint density at radius 3 is 2.67 bits per heavy atom. The molecule has 1 aliphatic carbocycles. The molecule has 1 aliphatic rings. The number of para-hydroxylation sites is 1. The zero-order chi connectivity index (χ0) is 10.8. The third-order valence-electron chi connectivity index (χ3n) is 3.16. The standard InChI is InChI=1S/C13H19NO/c1-3-13(15)11-6-4-5-7-12(11)14(2)10-8-9-10/h4-7,10,13,15H,3,8-9H2,1-2H3/t13-/m0/s1. The Kier molecular flexibility index (Phi) is 2.96. The third-order valence-corrected chi connectivity index (χ3v) is 3.16. The van der Waals surface area contributed by atoms with Gasteiger partial charge in [-0.1, -0.05) is 25.1 Å². The maximum Gasteiger partial charge on any atom is 0.0807 e. The van der Waals surface area contributed by atoms with Gasteiger partial charge in [0.05, 0.1) is 6.10 Å². The van der Waals surface area contributed by atoms with Crippen LogP contribution in [0.4, 0.5) is 5.69 Å². The second-order valence-corrected chi connectivity index (χ2v) is 4.32. The summed E-state index contributed by atoms with van der Waals surface area (Å²) in [7, 11) is 2.12. The molecule has 0 radical (unpaired) electrons. The Hall–Kier alpha value is -1.02. The van der Waals surface area contributed by atoms with Gasteiger partial charge in [0, 0.05) is 24.3 Å². The van der Waals surface area contributed by atoms with E-state index in [0.29, 0.717) is 6.04 Å². The smallest absolute Gasteiger partial charge is 0.0807 e. The van der Waals surface area contributed by atoms with Gasteiger partial charge in [0.2, 0.25) is 0 Å². The Morgan fingerprint density at radius 2 is 2.07 bits per heavy atom. The molecule has 1 aromatic carbocycles. The number of aliphatic hydroxyl groups excluding tert-OH is 1. The van der Waals surface area contributed by atoms with E-state index in [4.69, 9.17) is 0 Å². The predicted molar refractivity (Wildman–Crippen MR) is 63.1 cm³/mol. The second kappa shape index (κ2) is 4.23. The molecule has 2 nitrogen and oxygen atoms in total. The van der Waals surface area contributed by atoms with Crippen LogP contribution in [-0.4, -0.2) is 18.2 Å². The summed E-state index contributed by atoms with van der Waals surface area (Å²) in [5.74, 6) is 0. The maximum atomic E-state index is 9.93. The number of hydrogen-bond donors (Lipinski definition) is 1. The Labute approximate surface area is 91.5 Å². The van der Waals surface area contributed by atoms with Gasteiger partial charge in [-0.2, -0.15) is 0 Å². The molecule has 0 heterocycles. The Bertz CT molecular complexity index is 333. The minimum atomic E-state index is -0.331. The molecule has 1 atom stereocenters. The van der Waals surface area contributed by atoms with Crippen LogP contribution in [0.3, 0.4) is 0 Å². The van der Waals surface area contributed by atoms with E-state index < -0.39 is 0 Å². The summed E-state index contributed by atoms with van der Waals surface area (Å²) in [4.78, 5) is 2.30. The van der Waals surface area contributed by atoms with Crippen molar-refractivity contribution in [3.05, 3.63) is 29.8 Å². The molecule has 1 N–H and O–H groups in total. The molecular weight excluding hydrogens is 186 g/mol. The molecule has 0 aliphatic heterocycles. The molecule has 2 heteroatoms. The summed E-state index contributed by atoms with van der Waals surface area (Å²) in [5.41, 5.74) is 2.25. The fraction of sp³-hybridized carbons (Fsp3) is 0.538. The first kappa shape index (κ1) is 10.5. The van der Waals surface area contributed by atoms with Crippen molar-refractivity contribution in [3.8, 4) is 0 Å². The van der Waals surface area contributed by atoms with Gasteiger partial charge in [0.1, 0.15) is 0 Å². The van der Waals surface area contributed by atoms with E-state index in [9.17, 15) is 5.11 Å². The third kappa shape index (κ3) is 2.15. The molecule has 1 aromatic rings. The average Bonchev–Trinajstić information content (AvgIpc) is 3.11. The summed E-state index contributed by atoms with van der Waals surface area (Å²) in [5, 5.41) is 9.93. The number of aliphatic hydroxyl groups is 1. The van der Waals surface area contributed by atoms with Crippen LogP contribution < -0.4 is 4.90 Å². The fourth-order valence-corrected chi connectivity index (χ4v) is 1.97. The summed E-state index contributed by atoms with van der Waals surface area (Å²) in [6, 6.07) is 8.86. The molecule has 0 spiro atoms. The number of nitrogens with zero attached hydrogens (tertiary/aromatic N) is 1. The minimum absolute atomic E-state index is 0.331. The number of hydrogen-bond acceptors (Lipinski definition) is 2. The maximum absolute atomic E-state index is 9.93. The van der Waals surface area contributed by atoms with Gasteiger partial charge in [-0.3, -0.25) is 0 Å². The van der Waals surface area contributed by atoms with E-state index in [0.717, 1.165) is 12.0 Å². The monoisotopic (exact) mass is 205 g/mol. The van der Waals surface area contributed by atoms with Crippen LogP contribution in [0.2, 0.25) is 0 Å². The van der Waals surface area contributed by atoms with Gasteiger partial charge in [0.15, 0.2) is 0 Å². The Balaban J connectivity index is 2.27. The van der Waals surface area contributed by atoms with E-state index >= 15 is 0 Å². The highest BCUT2D eigenvalue weighted by molar-refractivity contribution is 5.55. The summed E-state index contributed by atoms with van der Waals surface area (Å²) >= 11 is 0. The largest absolute Gasteiger partial charge is 0.388 e. The van der Waals surface area contributed by atoms with Crippen LogP contribution in [-0.2, 0) is 0 Å². The van der Waals surface area contributed by atoms with Gasteiger partial charge in [-0.25, -0.2) is 0 Å². The molecule has 0 amide bonds. The first-order chi connectivity index (χ1) is 7.24. The van der Waals surface area contributed by atoms with Crippen LogP contribution in [0.25, 0.3) is 0 Å². The van der Waals surface area contributed by atoms with E-state index in [1.54, 1.807) is 0 Å². The highest BCUT2D eigenvalue weighted by Crippen LogP contribution is 2.34. The summed E-state index contributed by atoms with van der Waals surface area (Å²) in [6.07, 6.45) is 3.01. The molecule has 0 unspecified atom stereocenters. The topological polar surface area (TPSA) is 23.5 Å². The lowest BCUT2D eigenvalue weighted by Gasteiger charge is -2.24. The van der Waals surface area contributed by atoms with Crippen molar-refractivity contribution < 1.29 is 5.11 Å². The molecule has 0 bridgehead atoms. The average molecular weight is 205 g/mol. The number of anilines is 1. The molecule has 1 saturated carbocycles. The van der Waals surface area contributed by atoms with Gasteiger partial charge >= 0.3 is 0 Å². The highest BCUT2D eigenvalue weighted by atomic mass is 16.3. The Morgan fingerprint density at radius 1 is 1.40 bits per heavy atom. The first-order valence-corrected chi connectivity index (χ1v) is 5.74. The number of benzene rings is 1. The number of rotatable bonds is 4. The quantitative estimate of drug-likeness (QED) is 0.817. The lowest BCUT2D eigenvalue weighted by Crippen LogP contribution is -2.21. The van der Waals surface area contributed by atoms with Crippen LogP contribution >= 0.6 is 0 Å². The van der Waals surface area contributed by atoms with E-state index in [1.165, 1.54) is 18.5 Å². The summed E-state index contributed by atoms with van der Waals surface area (Å²) < 4.78 is 0. The molecule has 1 fully saturated rings. The summed E-state index contributed by atoms with van der Waals surface area (Å²) in [6.45, 7) is 2.01. The van der Waals surface area contributed by atoms with Crippen molar-refractivity contribution in [2.24, 2.45) is 0 Å². The zero-order valence-corrected chi connectivity index (χ0v) is 9.48. The van der Waals surface area contributed by atoms with E-state index in [2.05, 4.69) is 18.0 Å². The van der Waals surface area contributed by atoms with Gasteiger partial charge < -0.3 is 10.0 Å². The SMILES string of the molecule is CC[C@H](O)c1ccccc1N(C)C1CC1. The van der Waals surface area contributed by atoms with Crippen LogP contribution in [0.1, 0.15) is 37.9 Å². The highest BCUT2D eigenvalue weighted by Gasteiger charge is 2.28. The minimum Gasteiger partial charge on any atom is -0.388 e. The van der Waals surface area contributed by atoms with E-state index in [-0.39, 0.29) is 6.10 Å². The van der Waals surface area contributed by atoms with Crippen molar-refractivity contribution in [1.29, 1.82) is 0 Å². The lowest BCUT2D eigenvalue weighted by atomic mass is 10.0. The normalized spacial score (nSPS) is 17.5. The van der Waals surface area contributed by atoms with Crippen molar-refractivity contribution >= 4 is 5.69 Å². The molecular formula is C13H19NO. The van der Waals surface area contributed by atoms with Gasteiger partial charge in [-0.15, -0.1) is 0 Å². The van der Waals surface area contributed by atoms with Crippen LogP contribution in [0.15, 0.2) is 24.3 Å². The lowest BCUT2D eigenvalue weighted by molar-refractivity contribution is 0.174.